The van der Waals surface area contributed by atoms with Crippen molar-refractivity contribution in [2.24, 2.45) is 0 Å². The van der Waals surface area contributed by atoms with Crippen molar-refractivity contribution < 1.29 is 28.6 Å². The molecule has 0 aromatic heterocycles. The number of carboxylic acids is 1. The molecule has 1 aromatic carbocycles. The van der Waals surface area contributed by atoms with E-state index in [4.69, 9.17) is 9.84 Å². The van der Waals surface area contributed by atoms with E-state index in [0.717, 1.165) is 5.57 Å². The van der Waals surface area contributed by atoms with Crippen LogP contribution in [0.4, 0.5) is 4.39 Å². The first-order chi connectivity index (χ1) is 15.8. The van der Waals surface area contributed by atoms with Crippen LogP contribution in [0.5, 0.6) is 0 Å². The Morgan fingerprint density at radius 1 is 1.23 bits per heavy atom. The number of carboxylic acid groups (broad SMARTS) is 1. The van der Waals surface area contributed by atoms with Crippen LogP contribution < -0.4 is 0 Å². The average Bonchev–Trinajstić information content (AvgIpc) is 2.79. The number of amides is 1. The molecular weight excluding hydrogens is 520 g/mol. The highest BCUT2D eigenvalue weighted by Crippen LogP contribution is 2.31. The molecule has 2 unspecified atom stereocenters. The van der Waals surface area contributed by atoms with Gasteiger partial charge in [0.05, 0.1) is 20.1 Å². The number of carbonyl (C=O) groups excluding carboxylic acids is 2. The summed E-state index contributed by atoms with van der Waals surface area (Å²) in [6.07, 6.45) is 2.66. The Hall–Kier alpha value is -1.85. The predicted molar refractivity (Wildman–Crippen MR) is 138 cm³/mol. The third-order valence-corrected chi connectivity index (χ3v) is 6.69. The van der Waals surface area contributed by atoms with Gasteiger partial charge in [-0.25, -0.2) is 9.18 Å². The van der Waals surface area contributed by atoms with Crippen molar-refractivity contribution in [1.29, 1.82) is 0 Å². The number of methoxy groups -OCH3 is 1. The van der Waals surface area contributed by atoms with Crippen LogP contribution in [0, 0.1) is 5.82 Å². The Kier molecular flexibility index (Phi) is 13.0. The van der Waals surface area contributed by atoms with Crippen molar-refractivity contribution >= 4 is 55.3 Å². The molecule has 2 aliphatic heterocycles. The molecule has 2 atom stereocenters. The van der Waals surface area contributed by atoms with Gasteiger partial charge in [0.15, 0.2) is 0 Å². The van der Waals surface area contributed by atoms with Gasteiger partial charge in [-0.3, -0.25) is 19.4 Å². The fourth-order valence-electron chi connectivity index (χ4n) is 4.22. The summed E-state index contributed by atoms with van der Waals surface area (Å²) in [6.45, 7) is 3.14. The SMILES string of the molecule is COC(=O)C(c1ccccc1F)N1CCC(S)/C(=C/CN2CCN(CCC(=O)O)C(=O)C2)C1.Cl.Cl. The Bertz CT molecular complexity index is 923. The molecule has 1 aromatic rings. The highest BCUT2D eigenvalue weighted by Gasteiger charge is 2.34. The van der Waals surface area contributed by atoms with Gasteiger partial charge in [-0.15, -0.1) is 24.8 Å². The van der Waals surface area contributed by atoms with E-state index in [1.54, 1.807) is 23.1 Å². The van der Waals surface area contributed by atoms with Gasteiger partial charge in [-0.2, -0.15) is 12.6 Å². The van der Waals surface area contributed by atoms with Crippen molar-refractivity contribution in [3.8, 4) is 0 Å². The zero-order chi connectivity index (χ0) is 24.0. The molecule has 1 amide bonds. The summed E-state index contributed by atoms with van der Waals surface area (Å²) in [7, 11) is 1.30. The number of ether oxygens (including phenoxy) is 1. The second kappa shape index (κ2) is 14.6. The Morgan fingerprint density at radius 2 is 1.94 bits per heavy atom. The maximum absolute atomic E-state index is 14.5. The summed E-state index contributed by atoms with van der Waals surface area (Å²) in [4.78, 5) is 41.1. The van der Waals surface area contributed by atoms with Crippen LogP contribution in [-0.4, -0.2) is 95.8 Å². The number of likely N-dealkylation sites (tertiary alicyclic amines) is 1. The van der Waals surface area contributed by atoms with Gasteiger partial charge in [0.2, 0.25) is 5.91 Å². The number of rotatable bonds is 8. The molecule has 2 fully saturated rings. The highest BCUT2D eigenvalue weighted by molar-refractivity contribution is 7.81. The first-order valence-corrected chi connectivity index (χ1v) is 11.5. The van der Waals surface area contributed by atoms with Crippen LogP contribution in [-0.2, 0) is 19.1 Å². The molecule has 0 bridgehead atoms. The van der Waals surface area contributed by atoms with E-state index in [1.165, 1.54) is 13.2 Å². The van der Waals surface area contributed by atoms with Gasteiger partial charge in [0.25, 0.3) is 0 Å². The lowest BCUT2D eigenvalue weighted by atomic mass is 9.97. The van der Waals surface area contributed by atoms with Crippen LogP contribution in [0.15, 0.2) is 35.9 Å². The second-order valence-corrected chi connectivity index (χ2v) is 8.88. The third kappa shape index (κ3) is 8.35. The third-order valence-electron chi connectivity index (χ3n) is 6.10. The van der Waals surface area contributed by atoms with E-state index in [0.29, 0.717) is 39.1 Å². The number of thiol groups is 1. The number of esters is 1. The standard InChI is InChI=1S/C23H30FN3O5S.2ClH/c1-32-23(31)22(17-4-2-3-5-18(17)24)27-10-7-19(33)16(14-27)6-9-25-12-13-26(20(28)15-25)11-8-21(29)30;;/h2-6,19,22,33H,7-15H2,1H3,(H,29,30);2*1H/b16-6+;;. The molecular formula is C23H32Cl2FN3O5S. The molecule has 2 aliphatic rings. The number of piperazine rings is 1. The lowest BCUT2D eigenvalue weighted by Gasteiger charge is -2.37. The van der Waals surface area contributed by atoms with E-state index in [2.05, 4.69) is 12.6 Å². The lowest BCUT2D eigenvalue weighted by molar-refractivity contribution is -0.147. The highest BCUT2D eigenvalue weighted by atomic mass is 35.5. The zero-order valence-electron chi connectivity index (χ0n) is 19.5. The van der Waals surface area contributed by atoms with Crippen LogP contribution >= 0.6 is 37.4 Å². The van der Waals surface area contributed by atoms with E-state index < -0.39 is 23.8 Å². The molecule has 2 heterocycles. The topological polar surface area (TPSA) is 90.4 Å². The molecule has 1 N–H and O–H groups in total. The number of aliphatic carboxylic acids is 1. The number of hydrogen-bond acceptors (Lipinski definition) is 7. The van der Waals surface area contributed by atoms with Gasteiger partial charge in [0, 0.05) is 50.1 Å². The van der Waals surface area contributed by atoms with Crippen molar-refractivity contribution in [2.75, 3.05) is 52.9 Å². The van der Waals surface area contributed by atoms with E-state index in [1.807, 2.05) is 15.9 Å². The first kappa shape index (κ1) is 31.2. The zero-order valence-corrected chi connectivity index (χ0v) is 22.0. The van der Waals surface area contributed by atoms with Gasteiger partial charge < -0.3 is 14.7 Å². The summed E-state index contributed by atoms with van der Waals surface area (Å²) in [5.74, 6) is -1.97. The fraction of sp³-hybridized carbons (Fsp3) is 0.522. The van der Waals surface area contributed by atoms with Crippen LogP contribution in [0.2, 0.25) is 0 Å². The monoisotopic (exact) mass is 551 g/mol. The van der Waals surface area contributed by atoms with Crippen molar-refractivity contribution in [2.45, 2.75) is 24.1 Å². The van der Waals surface area contributed by atoms with Gasteiger partial charge in [0.1, 0.15) is 11.9 Å². The molecule has 2 saturated heterocycles. The minimum atomic E-state index is -0.919. The molecule has 0 saturated carbocycles. The lowest BCUT2D eigenvalue weighted by Crippen LogP contribution is -2.50. The molecule has 0 aliphatic carbocycles. The summed E-state index contributed by atoms with van der Waals surface area (Å²) in [5, 5.41) is 8.82. The van der Waals surface area contributed by atoms with Gasteiger partial charge in [-0.1, -0.05) is 24.3 Å². The molecule has 35 heavy (non-hydrogen) atoms. The Morgan fingerprint density at radius 3 is 2.57 bits per heavy atom. The Labute approximate surface area is 222 Å². The maximum Gasteiger partial charge on any atom is 0.327 e. The first-order valence-electron chi connectivity index (χ1n) is 11.0. The predicted octanol–water partition coefficient (Wildman–Crippen LogP) is 2.43. The summed E-state index contributed by atoms with van der Waals surface area (Å²) < 4.78 is 19.5. The fourth-order valence-corrected chi connectivity index (χ4v) is 4.52. The van der Waals surface area contributed by atoms with Crippen molar-refractivity contribution in [3.63, 3.8) is 0 Å². The summed E-state index contributed by atoms with van der Waals surface area (Å²) in [5.41, 5.74) is 1.29. The van der Waals surface area contributed by atoms with Gasteiger partial charge in [-0.05, 0) is 18.1 Å². The maximum atomic E-state index is 14.5. The average molecular weight is 552 g/mol. The van der Waals surface area contributed by atoms with Crippen LogP contribution in [0.1, 0.15) is 24.4 Å². The number of carbonyl (C=O) groups is 3. The molecule has 8 nitrogen and oxygen atoms in total. The van der Waals surface area contributed by atoms with Crippen LogP contribution in [0.3, 0.4) is 0 Å². The number of piperidine rings is 1. The summed E-state index contributed by atoms with van der Waals surface area (Å²) in [6, 6.07) is 5.37. The molecule has 196 valence electrons. The largest absolute Gasteiger partial charge is 0.481 e. The number of halogens is 3. The Balaban J connectivity index is 0.00000306. The molecule has 0 spiro atoms. The van der Waals surface area contributed by atoms with Crippen LogP contribution in [0.25, 0.3) is 0 Å². The van der Waals surface area contributed by atoms with E-state index in [9.17, 15) is 18.8 Å². The van der Waals surface area contributed by atoms with E-state index in [-0.39, 0.29) is 61.0 Å². The quantitative estimate of drug-likeness (QED) is 0.291. The molecule has 0 radical (unpaired) electrons. The number of benzene rings is 1. The van der Waals surface area contributed by atoms with Gasteiger partial charge >= 0.3 is 11.9 Å². The molecule has 3 rings (SSSR count). The smallest absolute Gasteiger partial charge is 0.327 e. The second-order valence-electron chi connectivity index (χ2n) is 8.26. The summed E-state index contributed by atoms with van der Waals surface area (Å²) >= 11 is 4.69. The van der Waals surface area contributed by atoms with Crippen molar-refractivity contribution in [3.05, 3.63) is 47.3 Å². The minimum Gasteiger partial charge on any atom is -0.481 e. The molecule has 12 heteroatoms. The van der Waals surface area contributed by atoms with Crippen molar-refractivity contribution in [1.82, 2.24) is 14.7 Å². The number of hydrogen-bond donors (Lipinski definition) is 2. The minimum absolute atomic E-state index is 0. The normalized spacial score (nSPS) is 21.1. The van der Waals surface area contributed by atoms with E-state index >= 15 is 0 Å². The number of nitrogens with zero attached hydrogens (tertiary/aromatic N) is 3.